The molecule has 4 aromatic rings. The van der Waals surface area contributed by atoms with Gasteiger partial charge in [-0.15, -0.1) is 0 Å². The molecule has 7 nitrogen and oxygen atoms in total. The SMILES string of the molecule is Cc1cc([C@@H]2C[C@H](c3cn4c(=O)c5c(nc4c(-c4ccc(F)cc4F)n3)COC5)CCO2)cc(C)n1. The monoisotopic (exact) mass is 490 g/mol. The Morgan fingerprint density at radius 2 is 1.83 bits per heavy atom. The highest BCUT2D eigenvalue weighted by Gasteiger charge is 2.29. The Balaban J connectivity index is 1.50. The van der Waals surface area contributed by atoms with Crippen LogP contribution in [0.3, 0.4) is 0 Å². The number of pyridine rings is 1. The number of fused-ring (bicyclic) bond motifs is 2. The quantitative estimate of drug-likeness (QED) is 0.414. The zero-order valence-corrected chi connectivity index (χ0v) is 19.9. The van der Waals surface area contributed by atoms with E-state index in [-0.39, 0.29) is 47.7 Å². The molecule has 0 unspecified atom stereocenters. The molecule has 36 heavy (non-hydrogen) atoms. The summed E-state index contributed by atoms with van der Waals surface area (Å²) >= 11 is 0. The minimum absolute atomic E-state index is 0.0411. The maximum atomic E-state index is 14.9. The zero-order chi connectivity index (χ0) is 25.0. The van der Waals surface area contributed by atoms with E-state index in [4.69, 9.17) is 14.5 Å². The summed E-state index contributed by atoms with van der Waals surface area (Å²) in [7, 11) is 0. The van der Waals surface area contributed by atoms with E-state index in [2.05, 4.69) is 9.97 Å². The average Bonchev–Trinajstić information content (AvgIpc) is 3.33. The summed E-state index contributed by atoms with van der Waals surface area (Å²) in [6.07, 6.45) is 2.88. The second kappa shape index (κ2) is 8.83. The fourth-order valence-corrected chi connectivity index (χ4v) is 5.16. The van der Waals surface area contributed by atoms with E-state index in [1.807, 2.05) is 26.0 Å². The lowest BCUT2D eigenvalue weighted by Crippen LogP contribution is -2.24. The Hall–Kier alpha value is -3.56. The number of halogens is 2. The number of nitrogens with zero attached hydrogens (tertiary/aromatic N) is 4. The molecule has 1 aromatic carbocycles. The molecule has 9 heteroatoms. The van der Waals surface area contributed by atoms with Crippen LogP contribution < -0.4 is 5.56 Å². The third-order valence-corrected chi connectivity index (χ3v) is 6.86. The number of ether oxygens (including phenoxy) is 2. The van der Waals surface area contributed by atoms with Crippen molar-refractivity contribution in [1.82, 2.24) is 19.4 Å². The Labute approximate surface area is 205 Å². The number of rotatable bonds is 3. The van der Waals surface area contributed by atoms with Crippen molar-refractivity contribution in [2.24, 2.45) is 0 Å². The smallest absolute Gasteiger partial charge is 0.263 e. The van der Waals surface area contributed by atoms with Gasteiger partial charge in [0.25, 0.3) is 5.56 Å². The van der Waals surface area contributed by atoms with E-state index in [9.17, 15) is 13.6 Å². The predicted octanol–water partition coefficient (Wildman–Crippen LogP) is 4.71. The molecule has 2 aliphatic rings. The highest BCUT2D eigenvalue weighted by Crippen LogP contribution is 2.38. The Morgan fingerprint density at radius 3 is 2.61 bits per heavy atom. The lowest BCUT2D eigenvalue weighted by atomic mass is 9.89. The first-order valence-corrected chi connectivity index (χ1v) is 11.9. The molecule has 0 saturated carbocycles. The summed E-state index contributed by atoms with van der Waals surface area (Å²) < 4.78 is 41.6. The van der Waals surface area contributed by atoms with E-state index >= 15 is 0 Å². The van der Waals surface area contributed by atoms with Crippen molar-refractivity contribution in [2.75, 3.05) is 6.61 Å². The molecule has 0 N–H and O–H groups in total. The van der Waals surface area contributed by atoms with Crippen molar-refractivity contribution in [3.63, 3.8) is 0 Å². The number of aryl methyl sites for hydroxylation is 2. The molecule has 0 spiro atoms. The van der Waals surface area contributed by atoms with Gasteiger partial charge in [0, 0.05) is 41.7 Å². The molecule has 5 heterocycles. The van der Waals surface area contributed by atoms with Crippen molar-refractivity contribution in [2.45, 2.75) is 51.9 Å². The minimum atomic E-state index is -0.764. The van der Waals surface area contributed by atoms with Crippen molar-refractivity contribution in [3.8, 4) is 11.3 Å². The summed E-state index contributed by atoms with van der Waals surface area (Å²) in [6, 6.07) is 7.36. The fourth-order valence-electron chi connectivity index (χ4n) is 5.16. The van der Waals surface area contributed by atoms with Gasteiger partial charge in [0.15, 0.2) is 5.65 Å². The number of hydrogen-bond donors (Lipinski definition) is 0. The van der Waals surface area contributed by atoms with Crippen LogP contribution in [-0.2, 0) is 22.7 Å². The second-order valence-corrected chi connectivity index (χ2v) is 9.43. The lowest BCUT2D eigenvalue weighted by molar-refractivity contribution is 0.00448. The summed E-state index contributed by atoms with van der Waals surface area (Å²) in [5.74, 6) is -1.49. The van der Waals surface area contributed by atoms with Crippen LogP contribution in [-0.4, -0.2) is 26.0 Å². The van der Waals surface area contributed by atoms with Crippen LogP contribution in [0.2, 0.25) is 0 Å². The van der Waals surface area contributed by atoms with Gasteiger partial charge in [-0.3, -0.25) is 14.2 Å². The van der Waals surface area contributed by atoms with Gasteiger partial charge in [-0.05, 0) is 56.5 Å². The number of aromatic nitrogens is 4. The van der Waals surface area contributed by atoms with Gasteiger partial charge in [0.05, 0.1) is 36.3 Å². The molecular weight excluding hydrogens is 466 g/mol. The first-order chi connectivity index (χ1) is 17.4. The summed E-state index contributed by atoms with van der Waals surface area (Å²) in [6.45, 7) is 4.81. The van der Waals surface area contributed by atoms with Crippen LogP contribution >= 0.6 is 0 Å². The van der Waals surface area contributed by atoms with Crippen molar-refractivity contribution in [1.29, 1.82) is 0 Å². The molecular formula is C27H24F2N4O3. The molecule has 0 aliphatic carbocycles. The third-order valence-electron chi connectivity index (χ3n) is 6.86. The van der Waals surface area contributed by atoms with Crippen LogP contribution in [0.1, 0.15) is 58.8 Å². The third kappa shape index (κ3) is 3.98. The average molecular weight is 491 g/mol. The molecule has 0 radical (unpaired) electrons. The first kappa shape index (κ1) is 22.9. The van der Waals surface area contributed by atoms with Gasteiger partial charge >= 0.3 is 0 Å². The zero-order valence-electron chi connectivity index (χ0n) is 19.9. The largest absolute Gasteiger partial charge is 0.373 e. The van der Waals surface area contributed by atoms with Crippen LogP contribution in [0.5, 0.6) is 0 Å². The number of hydrogen-bond acceptors (Lipinski definition) is 6. The van der Waals surface area contributed by atoms with Gasteiger partial charge in [0.2, 0.25) is 0 Å². The van der Waals surface area contributed by atoms with Gasteiger partial charge in [0.1, 0.15) is 17.3 Å². The van der Waals surface area contributed by atoms with Gasteiger partial charge < -0.3 is 9.47 Å². The lowest BCUT2D eigenvalue weighted by Gasteiger charge is -2.30. The molecule has 6 rings (SSSR count). The topological polar surface area (TPSA) is 78.6 Å². The van der Waals surface area contributed by atoms with Gasteiger partial charge in [-0.1, -0.05) is 0 Å². The van der Waals surface area contributed by atoms with E-state index in [0.29, 0.717) is 36.4 Å². The molecule has 1 fully saturated rings. The molecule has 3 aromatic heterocycles. The standard InChI is InChI=1S/C27H24F2N4O3/c1-14-7-17(8-15(2)30-14)24-9-16(5-6-36-24)22-11-33-26(32-23-13-35-12-20(23)27(33)34)25(31-22)19-4-3-18(28)10-21(19)29/h3-4,7-8,10-11,16,24H,5-6,9,12-13H2,1-2H3/t16-,24+/m1/s1. The highest BCUT2D eigenvalue weighted by molar-refractivity contribution is 5.74. The summed E-state index contributed by atoms with van der Waals surface area (Å²) in [5, 5.41) is 0. The molecule has 184 valence electrons. The highest BCUT2D eigenvalue weighted by atomic mass is 19.1. The van der Waals surface area contributed by atoms with Crippen molar-refractivity contribution >= 4 is 5.65 Å². The van der Waals surface area contributed by atoms with E-state index < -0.39 is 11.6 Å². The first-order valence-electron chi connectivity index (χ1n) is 11.9. The fraction of sp³-hybridized carbons (Fsp3) is 0.333. The van der Waals surface area contributed by atoms with Crippen molar-refractivity contribution < 1.29 is 18.3 Å². The molecule has 0 bridgehead atoms. The van der Waals surface area contributed by atoms with Crippen LogP contribution in [0.25, 0.3) is 16.9 Å². The molecule has 0 amide bonds. The number of benzene rings is 1. The van der Waals surface area contributed by atoms with Crippen LogP contribution in [0.15, 0.2) is 41.3 Å². The molecule has 2 atom stereocenters. The maximum absolute atomic E-state index is 14.9. The summed E-state index contributed by atoms with van der Waals surface area (Å²) in [5.41, 5.74) is 4.79. The van der Waals surface area contributed by atoms with Crippen molar-refractivity contribution in [3.05, 3.63) is 92.4 Å². The van der Waals surface area contributed by atoms with Gasteiger partial charge in [-0.2, -0.15) is 0 Å². The molecule has 2 aliphatic heterocycles. The van der Waals surface area contributed by atoms with Gasteiger partial charge in [-0.25, -0.2) is 18.7 Å². The summed E-state index contributed by atoms with van der Waals surface area (Å²) in [4.78, 5) is 27.3. The Morgan fingerprint density at radius 1 is 1.03 bits per heavy atom. The minimum Gasteiger partial charge on any atom is -0.373 e. The van der Waals surface area contributed by atoms with E-state index in [1.54, 1.807) is 6.20 Å². The molecule has 1 saturated heterocycles. The Bertz CT molecular complexity index is 1550. The van der Waals surface area contributed by atoms with E-state index in [0.717, 1.165) is 23.0 Å². The maximum Gasteiger partial charge on any atom is 0.263 e. The van der Waals surface area contributed by atoms with E-state index in [1.165, 1.54) is 16.5 Å². The second-order valence-electron chi connectivity index (χ2n) is 9.43. The Kier molecular flexibility index (Phi) is 5.61. The van der Waals surface area contributed by atoms with Crippen LogP contribution in [0, 0.1) is 25.5 Å². The van der Waals surface area contributed by atoms with Crippen LogP contribution in [0.4, 0.5) is 8.78 Å². The predicted molar refractivity (Wildman–Crippen MR) is 127 cm³/mol. The normalized spacial score (nSPS) is 19.6.